The third-order valence-corrected chi connectivity index (χ3v) is 8.75. The van der Waals surface area contributed by atoms with Gasteiger partial charge in [-0.05, 0) is 74.8 Å². The fraction of sp³-hybridized carbons (Fsp3) is 0.520. The Morgan fingerprint density at radius 1 is 1.18 bits per heavy atom. The zero-order chi connectivity index (χ0) is 22.6. The minimum absolute atomic E-state index is 0.317. The maximum Gasteiger partial charge on any atom is 0.195 e. The molecule has 33 heavy (non-hydrogen) atoms. The molecule has 6 nitrogen and oxygen atoms in total. The quantitative estimate of drug-likeness (QED) is 0.405. The first-order valence-corrected chi connectivity index (χ1v) is 13.7. The van der Waals surface area contributed by atoms with Crippen molar-refractivity contribution in [2.45, 2.75) is 56.3 Å². The number of ether oxygens (including phenoxy) is 2. The maximum atomic E-state index is 5.84. The van der Waals surface area contributed by atoms with Crippen molar-refractivity contribution in [1.29, 1.82) is 0 Å². The molecule has 4 heterocycles. The smallest absolute Gasteiger partial charge is 0.195 e. The van der Waals surface area contributed by atoms with Gasteiger partial charge in [-0.1, -0.05) is 17.8 Å². The number of methoxy groups -OCH3 is 1. The van der Waals surface area contributed by atoms with E-state index >= 15 is 0 Å². The van der Waals surface area contributed by atoms with Crippen LogP contribution in [0.25, 0.3) is 5.69 Å². The summed E-state index contributed by atoms with van der Waals surface area (Å²) < 4.78 is 13.6. The molecule has 1 atom stereocenters. The van der Waals surface area contributed by atoms with E-state index in [1.165, 1.54) is 10.4 Å². The van der Waals surface area contributed by atoms with Crippen LogP contribution < -0.4 is 4.74 Å². The third kappa shape index (κ3) is 5.29. The summed E-state index contributed by atoms with van der Waals surface area (Å²) in [4.78, 5) is 4.06. The molecule has 0 unspecified atom stereocenters. The molecule has 2 aromatic heterocycles. The molecule has 2 aliphatic heterocycles. The highest BCUT2D eigenvalue weighted by Crippen LogP contribution is 2.34. The molecule has 0 N–H and O–H groups in total. The average Bonchev–Trinajstić information content (AvgIpc) is 3.60. The van der Waals surface area contributed by atoms with Gasteiger partial charge in [-0.2, -0.15) is 0 Å². The molecule has 0 saturated carbocycles. The highest BCUT2D eigenvalue weighted by molar-refractivity contribution is 7.99. The molecule has 3 aromatic rings. The number of hydrogen-bond acceptors (Lipinski definition) is 7. The average molecular weight is 485 g/mol. The number of thiophene rings is 1. The van der Waals surface area contributed by atoms with Gasteiger partial charge in [-0.15, -0.1) is 21.5 Å². The number of piperidine rings is 1. The Bertz CT molecular complexity index is 1050. The van der Waals surface area contributed by atoms with E-state index in [0.29, 0.717) is 12.0 Å². The van der Waals surface area contributed by atoms with Gasteiger partial charge in [0.1, 0.15) is 11.6 Å². The highest BCUT2D eigenvalue weighted by Gasteiger charge is 2.28. The Balaban J connectivity index is 1.34. The van der Waals surface area contributed by atoms with Crippen LogP contribution in [0, 0.1) is 6.92 Å². The molecule has 0 amide bonds. The summed E-state index contributed by atoms with van der Waals surface area (Å²) in [6, 6.07) is 10.5. The first-order valence-electron chi connectivity index (χ1n) is 11.8. The Morgan fingerprint density at radius 3 is 2.79 bits per heavy atom. The summed E-state index contributed by atoms with van der Waals surface area (Å²) in [5.74, 6) is 3.25. The zero-order valence-corrected chi connectivity index (χ0v) is 21.0. The van der Waals surface area contributed by atoms with Crippen LogP contribution in [0.1, 0.15) is 47.9 Å². The Morgan fingerprint density at radius 2 is 2.06 bits per heavy atom. The van der Waals surface area contributed by atoms with Gasteiger partial charge in [0, 0.05) is 35.8 Å². The highest BCUT2D eigenvalue weighted by atomic mass is 32.2. The molecule has 0 aliphatic carbocycles. The van der Waals surface area contributed by atoms with Crippen LogP contribution in [0.15, 0.2) is 40.9 Å². The van der Waals surface area contributed by atoms with Gasteiger partial charge in [-0.3, -0.25) is 9.47 Å². The standard InChI is InChI=1S/C25H32N4O2S2/c1-18-10-14-32-23(18)16-28-11-8-19(9-12-28)24-26-27-25(33-17-22-7-4-13-31-22)29(24)20-5-3-6-21(15-20)30-2/h3,5-6,10,14-15,19,22H,4,7-9,11-13,16-17H2,1-2H3/t22-/m1/s1. The number of likely N-dealkylation sites (tertiary alicyclic amines) is 1. The number of aryl methyl sites for hydroxylation is 1. The van der Waals surface area contributed by atoms with Crippen molar-refractivity contribution in [2.75, 3.05) is 32.6 Å². The normalized spacial score (nSPS) is 19.9. The van der Waals surface area contributed by atoms with Crippen LogP contribution in [0.2, 0.25) is 0 Å². The zero-order valence-electron chi connectivity index (χ0n) is 19.4. The van der Waals surface area contributed by atoms with Crippen LogP contribution in [-0.2, 0) is 11.3 Å². The second kappa shape index (κ2) is 10.6. The monoisotopic (exact) mass is 484 g/mol. The second-order valence-corrected chi connectivity index (χ2v) is 10.9. The van der Waals surface area contributed by atoms with E-state index in [2.05, 4.69) is 45.1 Å². The van der Waals surface area contributed by atoms with Crippen molar-refractivity contribution in [3.05, 3.63) is 52.0 Å². The first-order chi connectivity index (χ1) is 16.2. The van der Waals surface area contributed by atoms with Gasteiger partial charge < -0.3 is 9.47 Å². The lowest BCUT2D eigenvalue weighted by Gasteiger charge is -2.31. The van der Waals surface area contributed by atoms with Crippen LogP contribution >= 0.6 is 23.1 Å². The van der Waals surface area contributed by atoms with Crippen molar-refractivity contribution in [3.63, 3.8) is 0 Å². The van der Waals surface area contributed by atoms with E-state index in [1.807, 2.05) is 23.5 Å². The second-order valence-electron chi connectivity index (χ2n) is 8.90. The largest absolute Gasteiger partial charge is 0.497 e. The fourth-order valence-electron chi connectivity index (χ4n) is 4.69. The van der Waals surface area contributed by atoms with E-state index < -0.39 is 0 Å². The number of aromatic nitrogens is 3. The van der Waals surface area contributed by atoms with Crippen molar-refractivity contribution in [3.8, 4) is 11.4 Å². The molecule has 8 heteroatoms. The lowest BCUT2D eigenvalue weighted by atomic mass is 9.95. The fourth-order valence-corrected chi connectivity index (χ4v) is 6.66. The predicted octanol–water partition coefficient (Wildman–Crippen LogP) is 5.30. The van der Waals surface area contributed by atoms with E-state index in [1.54, 1.807) is 18.9 Å². The van der Waals surface area contributed by atoms with E-state index in [4.69, 9.17) is 14.6 Å². The lowest BCUT2D eigenvalue weighted by molar-refractivity contribution is 0.129. The van der Waals surface area contributed by atoms with Crippen molar-refractivity contribution < 1.29 is 9.47 Å². The topological polar surface area (TPSA) is 52.4 Å². The van der Waals surface area contributed by atoms with Crippen molar-refractivity contribution in [1.82, 2.24) is 19.7 Å². The van der Waals surface area contributed by atoms with E-state index in [9.17, 15) is 0 Å². The summed E-state index contributed by atoms with van der Waals surface area (Å²) in [6.07, 6.45) is 4.81. The predicted molar refractivity (Wildman–Crippen MR) is 134 cm³/mol. The minimum Gasteiger partial charge on any atom is -0.497 e. The molecule has 2 fully saturated rings. The molecule has 2 saturated heterocycles. The molecule has 0 bridgehead atoms. The molecule has 0 spiro atoms. The Labute approximate surface area is 204 Å². The number of hydrogen-bond donors (Lipinski definition) is 0. The third-order valence-electron chi connectivity index (χ3n) is 6.68. The summed E-state index contributed by atoms with van der Waals surface area (Å²) in [5, 5.41) is 12.5. The first kappa shape index (κ1) is 22.9. The van der Waals surface area contributed by atoms with E-state index in [0.717, 1.165) is 80.1 Å². The van der Waals surface area contributed by atoms with Crippen LogP contribution in [0.3, 0.4) is 0 Å². The number of nitrogens with zero attached hydrogens (tertiary/aromatic N) is 4. The van der Waals surface area contributed by atoms with Gasteiger partial charge in [0.25, 0.3) is 0 Å². The molecular weight excluding hydrogens is 452 g/mol. The molecular formula is C25H32N4O2S2. The van der Waals surface area contributed by atoms with Gasteiger partial charge in [-0.25, -0.2) is 0 Å². The summed E-state index contributed by atoms with van der Waals surface area (Å²) in [6.45, 7) is 6.33. The maximum absolute atomic E-state index is 5.84. The van der Waals surface area contributed by atoms with Gasteiger partial charge in [0.15, 0.2) is 5.16 Å². The summed E-state index contributed by atoms with van der Waals surface area (Å²) in [7, 11) is 1.71. The molecule has 176 valence electrons. The Kier molecular flexibility index (Phi) is 7.35. The van der Waals surface area contributed by atoms with Crippen molar-refractivity contribution >= 4 is 23.1 Å². The van der Waals surface area contributed by atoms with Crippen LogP contribution in [0.5, 0.6) is 5.75 Å². The van der Waals surface area contributed by atoms with Gasteiger partial charge in [0.2, 0.25) is 0 Å². The van der Waals surface area contributed by atoms with Gasteiger partial charge >= 0.3 is 0 Å². The minimum atomic E-state index is 0.317. The molecule has 5 rings (SSSR count). The lowest BCUT2D eigenvalue weighted by Crippen LogP contribution is -2.33. The van der Waals surface area contributed by atoms with Crippen LogP contribution in [-0.4, -0.2) is 58.3 Å². The summed E-state index contributed by atoms with van der Waals surface area (Å²) in [5.41, 5.74) is 2.48. The van der Waals surface area contributed by atoms with E-state index in [-0.39, 0.29) is 0 Å². The Hall–Kier alpha value is -1.87. The molecule has 1 aromatic carbocycles. The van der Waals surface area contributed by atoms with Crippen molar-refractivity contribution in [2.24, 2.45) is 0 Å². The SMILES string of the molecule is COc1cccc(-n2c(SC[C@H]3CCCO3)nnc2C2CCN(Cc3sccc3C)CC2)c1. The molecule has 2 aliphatic rings. The molecule has 0 radical (unpaired) electrons. The number of benzene rings is 1. The summed E-state index contributed by atoms with van der Waals surface area (Å²) >= 11 is 3.63. The number of rotatable bonds is 8. The van der Waals surface area contributed by atoms with Gasteiger partial charge in [0.05, 0.1) is 18.9 Å². The number of thioether (sulfide) groups is 1. The van der Waals surface area contributed by atoms with Crippen LogP contribution in [0.4, 0.5) is 0 Å².